The van der Waals surface area contributed by atoms with Crippen LogP contribution in [-0.4, -0.2) is 45.3 Å². The van der Waals surface area contributed by atoms with Gasteiger partial charge < -0.3 is 4.48 Å². The Hall–Kier alpha value is -1.07. The highest BCUT2D eigenvalue weighted by molar-refractivity contribution is 7.92. The number of quaternary nitrogens is 1. The molecule has 0 fully saturated rings. The minimum Gasteiger partial charge on any atom is -0.324 e. The molecule has 0 aromatic heterocycles. The predicted molar refractivity (Wildman–Crippen MR) is 113 cm³/mol. The molecular weight excluding hydrogens is 344 g/mol. The molecule has 0 saturated carbocycles. The molecule has 0 radical (unpaired) electrons. The van der Waals surface area contributed by atoms with Crippen LogP contribution in [0, 0.1) is 0 Å². The van der Waals surface area contributed by atoms with Gasteiger partial charge in [0.05, 0.1) is 32.4 Å². The van der Waals surface area contributed by atoms with Gasteiger partial charge in [0.1, 0.15) is 0 Å². The molecule has 1 aromatic rings. The number of hydrogen-bond donors (Lipinski definition) is 1. The summed E-state index contributed by atoms with van der Waals surface area (Å²) in [5, 5.41) is 0. The third kappa shape index (κ3) is 9.04. The zero-order valence-electron chi connectivity index (χ0n) is 17.3. The quantitative estimate of drug-likeness (QED) is 0.370. The molecule has 0 unspecified atom stereocenters. The predicted octanol–water partition coefficient (Wildman–Crippen LogP) is 4.82. The lowest BCUT2D eigenvalue weighted by Gasteiger charge is -2.37. The van der Waals surface area contributed by atoms with Crippen molar-refractivity contribution in [3.63, 3.8) is 0 Å². The first-order chi connectivity index (χ1) is 12.3. The topological polar surface area (TPSA) is 46.2 Å². The third-order valence-corrected chi connectivity index (χ3v) is 6.04. The molecule has 1 N–H and O–H groups in total. The van der Waals surface area contributed by atoms with Gasteiger partial charge in [-0.3, -0.25) is 4.72 Å². The fourth-order valence-corrected chi connectivity index (χ4v) is 4.15. The van der Waals surface area contributed by atoms with E-state index in [9.17, 15) is 8.42 Å². The van der Waals surface area contributed by atoms with Crippen LogP contribution in [-0.2, 0) is 16.4 Å². The molecule has 0 bridgehead atoms. The fraction of sp³-hybridized carbons (Fsp3) is 0.714. The molecule has 0 spiro atoms. The van der Waals surface area contributed by atoms with Gasteiger partial charge in [-0.1, -0.05) is 38.3 Å². The first-order valence-electron chi connectivity index (χ1n) is 10.3. The summed E-state index contributed by atoms with van der Waals surface area (Å²) < 4.78 is 26.3. The molecule has 4 nitrogen and oxygen atoms in total. The molecule has 1 rings (SSSR count). The van der Waals surface area contributed by atoms with Crippen molar-refractivity contribution in [3.8, 4) is 0 Å². The van der Waals surface area contributed by atoms with Crippen LogP contribution < -0.4 is 4.72 Å². The number of aryl methyl sites for hydroxylation is 1. The van der Waals surface area contributed by atoms with Gasteiger partial charge in [-0.25, -0.2) is 8.42 Å². The zero-order chi connectivity index (χ0) is 19.5. The normalized spacial score (nSPS) is 12.3. The number of rotatable bonds is 14. The van der Waals surface area contributed by atoms with E-state index >= 15 is 0 Å². The molecule has 0 heterocycles. The lowest BCUT2D eigenvalue weighted by atomic mass is 10.1. The first-order valence-corrected chi connectivity index (χ1v) is 12.1. The lowest BCUT2D eigenvalue weighted by molar-refractivity contribution is -0.925. The highest BCUT2D eigenvalue weighted by Gasteiger charge is 2.21. The molecular formula is C21H39N2O2S+. The number of nitrogens with zero attached hydrogens (tertiary/aromatic N) is 1. The molecule has 0 atom stereocenters. The molecule has 0 aliphatic heterocycles. The van der Waals surface area contributed by atoms with Crippen molar-refractivity contribution in [3.05, 3.63) is 29.8 Å². The average molecular weight is 384 g/mol. The van der Waals surface area contributed by atoms with E-state index in [0.29, 0.717) is 5.69 Å². The summed E-state index contributed by atoms with van der Waals surface area (Å²) in [5.41, 5.74) is 1.91. The van der Waals surface area contributed by atoms with E-state index in [0.717, 1.165) is 6.42 Å². The number of benzene rings is 1. The summed E-state index contributed by atoms with van der Waals surface area (Å²) in [6.07, 6.45) is 10.1. The Bertz CT molecular complexity index is 593. The number of sulfonamides is 1. The SMILES string of the molecule is CCCCCCC[N+](CC)(CC)CCCc1ccc(NS(C)(=O)=O)cc1. The standard InChI is InChI=1S/C21H39N2O2S/c1-5-8-9-10-11-18-23(6-2,7-3)19-12-13-20-14-16-21(17-15-20)22-26(4,24)25/h14-17,22H,5-13,18-19H2,1-4H3/q+1. The molecule has 0 amide bonds. The number of hydrogen-bond acceptors (Lipinski definition) is 2. The number of unbranched alkanes of at least 4 members (excludes halogenated alkanes) is 4. The minimum absolute atomic E-state index is 0.635. The summed E-state index contributed by atoms with van der Waals surface area (Å²) >= 11 is 0. The van der Waals surface area contributed by atoms with Gasteiger partial charge in [0, 0.05) is 12.1 Å². The van der Waals surface area contributed by atoms with Crippen molar-refractivity contribution in [2.75, 3.05) is 37.2 Å². The molecule has 5 heteroatoms. The largest absolute Gasteiger partial charge is 0.324 e. The third-order valence-electron chi connectivity index (χ3n) is 5.43. The Morgan fingerprint density at radius 2 is 1.42 bits per heavy atom. The maximum Gasteiger partial charge on any atom is 0.229 e. The van der Waals surface area contributed by atoms with Gasteiger partial charge in [0.15, 0.2) is 0 Å². The van der Waals surface area contributed by atoms with Gasteiger partial charge >= 0.3 is 0 Å². The maximum absolute atomic E-state index is 11.3. The van der Waals surface area contributed by atoms with Gasteiger partial charge in [0.2, 0.25) is 10.0 Å². The highest BCUT2D eigenvalue weighted by atomic mass is 32.2. The molecule has 26 heavy (non-hydrogen) atoms. The summed E-state index contributed by atoms with van der Waals surface area (Å²) in [4.78, 5) is 0. The van der Waals surface area contributed by atoms with Crippen LogP contribution in [0.1, 0.15) is 64.9 Å². The lowest BCUT2D eigenvalue weighted by Crippen LogP contribution is -2.49. The van der Waals surface area contributed by atoms with E-state index in [2.05, 4.69) is 25.5 Å². The van der Waals surface area contributed by atoms with Crippen molar-refractivity contribution in [2.45, 2.75) is 65.7 Å². The van der Waals surface area contributed by atoms with Crippen molar-refractivity contribution in [1.29, 1.82) is 0 Å². The van der Waals surface area contributed by atoms with Gasteiger partial charge in [-0.2, -0.15) is 0 Å². The second-order valence-corrected chi connectivity index (χ2v) is 9.26. The zero-order valence-corrected chi connectivity index (χ0v) is 18.1. The van der Waals surface area contributed by atoms with Crippen molar-refractivity contribution in [2.24, 2.45) is 0 Å². The van der Waals surface area contributed by atoms with Gasteiger partial charge in [-0.05, 0) is 50.8 Å². The Morgan fingerprint density at radius 3 is 1.96 bits per heavy atom. The highest BCUT2D eigenvalue weighted by Crippen LogP contribution is 2.16. The number of nitrogens with one attached hydrogen (secondary N) is 1. The van der Waals surface area contributed by atoms with E-state index in [-0.39, 0.29) is 0 Å². The van der Waals surface area contributed by atoms with Crippen LogP contribution >= 0.6 is 0 Å². The second-order valence-electron chi connectivity index (χ2n) is 7.51. The Kier molecular flexibility index (Phi) is 10.3. The Balaban J connectivity index is 2.46. The van der Waals surface area contributed by atoms with E-state index < -0.39 is 10.0 Å². The summed E-state index contributed by atoms with van der Waals surface area (Å²) in [5.74, 6) is 0. The van der Waals surface area contributed by atoms with Crippen LogP contribution in [0.15, 0.2) is 24.3 Å². The summed E-state index contributed by atoms with van der Waals surface area (Å²) in [7, 11) is -3.20. The van der Waals surface area contributed by atoms with Gasteiger partial charge in [0.25, 0.3) is 0 Å². The van der Waals surface area contributed by atoms with Crippen LogP contribution in [0.4, 0.5) is 5.69 Å². The first kappa shape index (κ1) is 23.0. The monoisotopic (exact) mass is 383 g/mol. The van der Waals surface area contributed by atoms with Crippen LogP contribution in [0.3, 0.4) is 0 Å². The second kappa shape index (κ2) is 11.6. The van der Waals surface area contributed by atoms with E-state index in [4.69, 9.17) is 0 Å². The van der Waals surface area contributed by atoms with Crippen molar-refractivity contribution < 1.29 is 12.9 Å². The van der Waals surface area contributed by atoms with Crippen molar-refractivity contribution in [1.82, 2.24) is 0 Å². The van der Waals surface area contributed by atoms with E-state index in [1.807, 2.05) is 24.3 Å². The summed E-state index contributed by atoms with van der Waals surface area (Å²) in [6, 6.07) is 7.77. The smallest absolute Gasteiger partial charge is 0.229 e. The maximum atomic E-state index is 11.3. The average Bonchev–Trinajstić information content (AvgIpc) is 2.60. The fourth-order valence-electron chi connectivity index (χ4n) is 3.59. The molecule has 1 aromatic carbocycles. The van der Waals surface area contributed by atoms with Crippen molar-refractivity contribution >= 4 is 15.7 Å². The van der Waals surface area contributed by atoms with Crippen LogP contribution in [0.25, 0.3) is 0 Å². The van der Waals surface area contributed by atoms with E-state index in [1.54, 1.807) is 0 Å². The minimum atomic E-state index is -3.20. The molecule has 0 aliphatic rings. The number of anilines is 1. The van der Waals surface area contributed by atoms with E-state index in [1.165, 1.54) is 81.0 Å². The van der Waals surface area contributed by atoms with Crippen LogP contribution in [0.2, 0.25) is 0 Å². The van der Waals surface area contributed by atoms with Crippen LogP contribution in [0.5, 0.6) is 0 Å². The van der Waals surface area contributed by atoms with Gasteiger partial charge in [-0.15, -0.1) is 0 Å². The Morgan fingerprint density at radius 1 is 0.846 bits per heavy atom. The molecule has 150 valence electrons. The summed E-state index contributed by atoms with van der Waals surface area (Å²) in [6.45, 7) is 11.9. The Labute approximate surface area is 161 Å². The molecule has 0 aliphatic carbocycles. The molecule has 0 saturated heterocycles.